The Bertz CT molecular complexity index is 352. The Labute approximate surface area is 112 Å². The largest absolute Gasteiger partial charge is 0.366 e. The van der Waals surface area contributed by atoms with E-state index < -0.39 is 0 Å². The quantitative estimate of drug-likeness (QED) is 0.925. The molecule has 2 N–H and O–H groups in total. The maximum absolute atomic E-state index is 5.72. The zero-order valence-electron chi connectivity index (χ0n) is 10.3. The first kappa shape index (κ1) is 12.9. The minimum Gasteiger partial charge on any atom is -0.366 e. The maximum atomic E-state index is 5.72. The number of anilines is 1. The zero-order valence-corrected chi connectivity index (χ0v) is 11.9. The summed E-state index contributed by atoms with van der Waals surface area (Å²) < 4.78 is 1.13. The molecule has 3 nitrogen and oxygen atoms in total. The first-order chi connectivity index (χ1) is 8.20. The molecular weight excluding hydrogens is 278 g/mol. The van der Waals surface area contributed by atoms with Crippen LogP contribution in [-0.2, 0) is 0 Å². The fraction of sp³-hybridized carbons (Fsp3) is 0.538. The molecule has 1 fully saturated rings. The van der Waals surface area contributed by atoms with Crippen molar-refractivity contribution in [1.29, 1.82) is 0 Å². The third-order valence-electron chi connectivity index (χ3n) is 3.34. The second kappa shape index (κ2) is 5.85. The Morgan fingerprint density at radius 2 is 2.00 bits per heavy atom. The molecule has 1 atom stereocenters. The first-order valence-corrected chi connectivity index (χ1v) is 6.91. The van der Waals surface area contributed by atoms with E-state index in [1.807, 2.05) is 0 Å². The highest BCUT2D eigenvalue weighted by molar-refractivity contribution is 9.10. The molecule has 0 bridgehead atoms. The van der Waals surface area contributed by atoms with Gasteiger partial charge in [-0.15, -0.1) is 0 Å². The van der Waals surface area contributed by atoms with Gasteiger partial charge in [-0.3, -0.25) is 0 Å². The topological polar surface area (TPSA) is 32.5 Å². The lowest BCUT2D eigenvalue weighted by Crippen LogP contribution is -2.52. The van der Waals surface area contributed by atoms with Crippen molar-refractivity contribution < 1.29 is 0 Å². The fourth-order valence-electron chi connectivity index (χ4n) is 2.42. The number of hydrogen-bond donors (Lipinski definition) is 1. The Morgan fingerprint density at radius 1 is 1.29 bits per heavy atom. The van der Waals surface area contributed by atoms with Crippen LogP contribution in [0.3, 0.4) is 0 Å². The molecule has 4 heteroatoms. The number of nitrogens with two attached hydrogens (primary N) is 1. The first-order valence-electron chi connectivity index (χ1n) is 6.11. The molecule has 1 aromatic rings. The molecule has 1 heterocycles. The van der Waals surface area contributed by atoms with Crippen molar-refractivity contribution in [3.63, 3.8) is 0 Å². The van der Waals surface area contributed by atoms with Gasteiger partial charge in [0.05, 0.1) is 0 Å². The second-order valence-corrected chi connectivity index (χ2v) is 5.58. The number of hydrogen-bond acceptors (Lipinski definition) is 3. The van der Waals surface area contributed by atoms with Crippen LogP contribution in [0.25, 0.3) is 0 Å². The molecule has 94 valence electrons. The number of nitrogens with zero attached hydrogens (tertiary/aromatic N) is 2. The smallest absolute Gasteiger partial charge is 0.0429 e. The minimum atomic E-state index is 0.542. The van der Waals surface area contributed by atoms with E-state index in [9.17, 15) is 0 Å². The van der Waals surface area contributed by atoms with E-state index >= 15 is 0 Å². The molecule has 1 aromatic carbocycles. The fourth-order valence-corrected chi connectivity index (χ4v) is 2.69. The molecule has 0 amide bonds. The number of rotatable bonds is 3. The molecule has 1 unspecified atom stereocenters. The van der Waals surface area contributed by atoms with Crippen LogP contribution < -0.4 is 10.6 Å². The van der Waals surface area contributed by atoms with Gasteiger partial charge in [0, 0.05) is 35.8 Å². The zero-order chi connectivity index (χ0) is 12.3. The molecule has 2 rings (SSSR count). The van der Waals surface area contributed by atoms with Gasteiger partial charge >= 0.3 is 0 Å². The Hall–Kier alpha value is -0.580. The highest BCUT2D eigenvalue weighted by Crippen LogP contribution is 2.23. The summed E-state index contributed by atoms with van der Waals surface area (Å²) in [7, 11) is 2.18. The molecule has 1 saturated heterocycles. The summed E-state index contributed by atoms with van der Waals surface area (Å²) in [6, 6.07) is 9.11. The number of halogens is 1. The highest BCUT2D eigenvalue weighted by Gasteiger charge is 2.24. The molecule has 0 radical (unpaired) electrons. The van der Waals surface area contributed by atoms with Crippen molar-refractivity contribution in [3.05, 3.63) is 28.7 Å². The van der Waals surface area contributed by atoms with Crippen LogP contribution in [0.15, 0.2) is 28.7 Å². The van der Waals surface area contributed by atoms with Gasteiger partial charge in [0.2, 0.25) is 0 Å². The van der Waals surface area contributed by atoms with Gasteiger partial charge in [-0.1, -0.05) is 15.9 Å². The second-order valence-electron chi connectivity index (χ2n) is 4.66. The van der Waals surface area contributed by atoms with E-state index in [1.165, 1.54) is 5.69 Å². The number of likely N-dealkylation sites (N-methyl/N-ethyl adjacent to an activating group) is 1. The Kier molecular flexibility index (Phi) is 4.42. The number of piperazine rings is 1. The lowest BCUT2D eigenvalue weighted by Gasteiger charge is -2.41. The van der Waals surface area contributed by atoms with Gasteiger partial charge < -0.3 is 15.5 Å². The molecular formula is C13H20BrN3. The van der Waals surface area contributed by atoms with Gasteiger partial charge in [0.1, 0.15) is 0 Å². The summed E-state index contributed by atoms with van der Waals surface area (Å²) in [6.07, 6.45) is 1.06. The predicted molar refractivity (Wildman–Crippen MR) is 76.4 cm³/mol. The van der Waals surface area contributed by atoms with E-state index in [-0.39, 0.29) is 0 Å². The van der Waals surface area contributed by atoms with Crippen molar-refractivity contribution in [1.82, 2.24) is 4.90 Å². The minimum absolute atomic E-state index is 0.542. The third-order valence-corrected chi connectivity index (χ3v) is 3.87. The van der Waals surface area contributed by atoms with E-state index in [0.29, 0.717) is 6.04 Å². The van der Waals surface area contributed by atoms with E-state index in [4.69, 9.17) is 5.73 Å². The van der Waals surface area contributed by atoms with Crippen LogP contribution >= 0.6 is 15.9 Å². The number of benzene rings is 1. The maximum Gasteiger partial charge on any atom is 0.0429 e. The molecule has 0 aromatic heterocycles. The average Bonchev–Trinajstić information content (AvgIpc) is 2.31. The summed E-state index contributed by atoms with van der Waals surface area (Å²) >= 11 is 3.48. The van der Waals surface area contributed by atoms with Crippen molar-refractivity contribution in [3.8, 4) is 0 Å². The monoisotopic (exact) mass is 297 g/mol. The van der Waals surface area contributed by atoms with E-state index in [1.54, 1.807) is 0 Å². The summed E-state index contributed by atoms with van der Waals surface area (Å²) in [5, 5.41) is 0. The molecule has 0 aliphatic carbocycles. The van der Waals surface area contributed by atoms with Crippen molar-refractivity contribution in [2.45, 2.75) is 12.5 Å². The van der Waals surface area contributed by atoms with E-state index in [2.05, 4.69) is 57.0 Å². The van der Waals surface area contributed by atoms with Crippen LogP contribution in [-0.4, -0.2) is 44.2 Å². The van der Waals surface area contributed by atoms with Gasteiger partial charge in [-0.25, -0.2) is 0 Å². The Balaban J connectivity index is 2.14. The lowest BCUT2D eigenvalue weighted by molar-refractivity contribution is 0.262. The predicted octanol–water partition coefficient (Wildman–Crippen LogP) is 1.92. The SMILES string of the molecule is CN1CCN(c2ccc(Br)cc2)C(CCN)C1. The van der Waals surface area contributed by atoms with Crippen LogP contribution in [0.2, 0.25) is 0 Å². The van der Waals surface area contributed by atoms with Crippen LogP contribution in [0.1, 0.15) is 6.42 Å². The van der Waals surface area contributed by atoms with Crippen LogP contribution in [0.4, 0.5) is 5.69 Å². The normalized spacial score (nSPS) is 21.8. The van der Waals surface area contributed by atoms with Gasteiger partial charge in [0.25, 0.3) is 0 Å². The third kappa shape index (κ3) is 3.21. The molecule has 17 heavy (non-hydrogen) atoms. The Morgan fingerprint density at radius 3 is 2.65 bits per heavy atom. The van der Waals surface area contributed by atoms with Gasteiger partial charge in [-0.2, -0.15) is 0 Å². The average molecular weight is 298 g/mol. The van der Waals surface area contributed by atoms with E-state index in [0.717, 1.165) is 37.1 Å². The summed E-state index contributed by atoms with van der Waals surface area (Å²) in [4.78, 5) is 4.87. The summed E-state index contributed by atoms with van der Waals surface area (Å²) in [5.41, 5.74) is 7.02. The molecule has 1 aliphatic rings. The van der Waals surface area contributed by atoms with Crippen LogP contribution in [0, 0.1) is 0 Å². The highest BCUT2D eigenvalue weighted by atomic mass is 79.9. The van der Waals surface area contributed by atoms with Crippen molar-refractivity contribution in [2.24, 2.45) is 5.73 Å². The van der Waals surface area contributed by atoms with Gasteiger partial charge in [0.15, 0.2) is 0 Å². The summed E-state index contributed by atoms with van der Waals surface area (Å²) in [5.74, 6) is 0. The van der Waals surface area contributed by atoms with Gasteiger partial charge in [-0.05, 0) is 44.3 Å². The molecule has 1 aliphatic heterocycles. The standard InChI is InChI=1S/C13H20BrN3/c1-16-8-9-17(13(10-16)6-7-15)12-4-2-11(14)3-5-12/h2-5,13H,6-10,15H2,1H3. The summed E-state index contributed by atoms with van der Waals surface area (Å²) in [6.45, 7) is 4.07. The van der Waals surface area contributed by atoms with Crippen molar-refractivity contribution >= 4 is 21.6 Å². The lowest BCUT2D eigenvalue weighted by atomic mass is 10.1. The van der Waals surface area contributed by atoms with Crippen molar-refractivity contribution in [2.75, 3.05) is 38.1 Å². The molecule has 0 saturated carbocycles. The van der Waals surface area contributed by atoms with Crippen LogP contribution in [0.5, 0.6) is 0 Å². The molecule has 0 spiro atoms.